The minimum absolute atomic E-state index is 0.0660. The quantitative estimate of drug-likeness (QED) is 0.613. The molecule has 3 rings (SSSR count). The van der Waals surface area contributed by atoms with Crippen molar-refractivity contribution in [1.29, 1.82) is 10.7 Å². The number of anilines is 1. The van der Waals surface area contributed by atoms with E-state index in [0.717, 1.165) is 16.6 Å². The number of nitriles is 1. The van der Waals surface area contributed by atoms with Gasteiger partial charge in [-0.05, 0) is 43.0 Å². The summed E-state index contributed by atoms with van der Waals surface area (Å²) in [6.07, 6.45) is 5.25. The first kappa shape index (κ1) is 17.0. The van der Waals surface area contributed by atoms with Crippen LogP contribution in [0.4, 0.5) is 10.1 Å². The Kier molecular flexibility index (Phi) is 4.22. The van der Waals surface area contributed by atoms with Gasteiger partial charge in [-0.2, -0.15) is 5.26 Å². The summed E-state index contributed by atoms with van der Waals surface area (Å²) < 4.78 is 15.9. The van der Waals surface area contributed by atoms with E-state index >= 15 is 0 Å². The molecule has 1 aromatic carbocycles. The molecule has 1 atom stereocenters. The monoisotopic (exact) mass is 336 g/mol. The largest absolute Gasteiger partial charge is 0.398 e. The van der Waals surface area contributed by atoms with E-state index in [0.29, 0.717) is 28.8 Å². The van der Waals surface area contributed by atoms with E-state index in [2.05, 4.69) is 10.6 Å². The first-order chi connectivity index (χ1) is 11.9. The molecule has 1 unspecified atom stereocenters. The van der Waals surface area contributed by atoms with Gasteiger partial charge in [0.05, 0.1) is 17.1 Å². The van der Waals surface area contributed by atoms with Crippen LogP contribution in [-0.2, 0) is 0 Å². The van der Waals surface area contributed by atoms with Gasteiger partial charge in [0, 0.05) is 28.5 Å². The Balaban J connectivity index is 2.38. The molecule has 1 aliphatic carbocycles. The molecule has 2 aromatic rings. The van der Waals surface area contributed by atoms with Crippen LogP contribution < -0.4 is 5.73 Å². The van der Waals surface area contributed by atoms with E-state index in [-0.39, 0.29) is 17.8 Å². The lowest BCUT2D eigenvalue weighted by molar-refractivity contribution is 0.551. The number of nitrogens with two attached hydrogens (primary N) is 1. The lowest BCUT2D eigenvalue weighted by atomic mass is 10.00. The highest BCUT2D eigenvalue weighted by atomic mass is 19.1. The third-order valence-electron chi connectivity index (χ3n) is 4.75. The Morgan fingerprint density at radius 1 is 1.44 bits per heavy atom. The van der Waals surface area contributed by atoms with Gasteiger partial charge in [-0.15, -0.1) is 0 Å². The van der Waals surface area contributed by atoms with Gasteiger partial charge < -0.3 is 15.7 Å². The number of fused-ring (bicyclic) bond motifs is 1. The average Bonchev–Trinajstić information content (AvgIpc) is 2.89. The van der Waals surface area contributed by atoms with Crippen molar-refractivity contribution in [2.24, 2.45) is 0 Å². The summed E-state index contributed by atoms with van der Waals surface area (Å²) in [5.74, 6) is -0.0695. The van der Waals surface area contributed by atoms with Crippen LogP contribution in [-0.4, -0.2) is 10.8 Å². The number of nitrogen functional groups attached to an aromatic ring is 1. The van der Waals surface area contributed by atoms with Gasteiger partial charge in [-0.3, -0.25) is 0 Å². The van der Waals surface area contributed by atoms with E-state index in [1.807, 2.05) is 26.0 Å². The maximum absolute atomic E-state index is 13.8. The molecule has 4 nitrogen and oxygen atoms in total. The standard InChI is InChI=1S/C20H21FN4/c1-11(2)20-16(10-23)15-8-18(24)13(9-22)7-19(15)25(20)14-4-5-17(21)12(3)6-14/h5-9,11,14,22H,4,24H2,1-3H3. The topological polar surface area (TPSA) is 78.6 Å². The van der Waals surface area contributed by atoms with Crippen molar-refractivity contribution < 1.29 is 4.39 Å². The summed E-state index contributed by atoms with van der Waals surface area (Å²) >= 11 is 0. The van der Waals surface area contributed by atoms with Gasteiger partial charge in [-0.25, -0.2) is 4.39 Å². The average molecular weight is 336 g/mol. The van der Waals surface area contributed by atoms with E-state index in [4.69, 9.17) is 11.1 Å². The second-order valence-corrected chi connectivity index (χ2v) is 6.74. The van der Waals surface area contributed by atoms with E-state index < -0.39 is 0 Å². The summed E-state index contributed by atoms with van der Waals surface area (Å²) in [5.41, 5.74) is 10.1. The van der Waals surface area contributed by atoms with Gasteiger partial charge in [0.25, 0.3) is 0 Å². The number of benzene rings is 1. The van der Waals surface area contributed by atoms with Crippen LogP contribution in [0.25, 0.3) is 10.9 Å². The lowest BCUT2D eigenvalue weighted by Crippen LogP contribution is -2.14. The Hall–Kier alpha value is -2.87. The smallest absolute Gasteiger partial charge is 0.121 e. The van der Waals surface area contributed by atoms with Crippen molar-refractivity contribution in [2.75, 3.05) is 5.73 Å². The van der Waals surface area contributed by atoms with E-state index in [1.165, 1.54) is 6.21 Å². The highest BCUT2D eigenvalue weighted by Crippen LogP contribution is 2.39. The maximum atomic E-state index is 13.8. The van der Waals surface area contributed by atoms with Crippen molar-refractivity contribution >= 4 is 22.8 Å². The summed E-state index contributed by atoms with van der Waals surface area (Å²) in [7, 11) is 0. The molecule has 0 fully saturated rings. The Morgan fingerprint density at radius 3 is 2.72 bits per heavy atom. The highest BCUT2D eigenvalue weighted by Gasteiger charge is 2.25. The Morgan fingerprint density at radius 2 is 2.16 bits per heavy atom. The third kappa shape index (κ3) is 2.64. The first-order valence-electron chi connectivity index (χ1n) is 8.31. The van der Waals surface area contributed by atoms with Crippen molar-refractivity contribution in [3.63, 3.8) is 0 Å². The molecule has 0 saturated carbocycles. The molecule has 1 aliphatic rings. The highest BCUT2D eigenvalue weighted by molar-refractivity contribution is 5.98. The number of rotatable bonds is 3. The predicted octanol–water partition coefficient (Wildman–Crippen LogP) is 4.96. The van der Waals surface area contributed by atoms with Crippen LogP contribution in [0.15, 0.2) is 35.7 Å². The van der Waals surface area contributed by atoms with Gasteiger partial charge in [0.15, 0.2) is 0 Å². The number of aromatic nitrogens is 1. The minimum atomic E-state index is -0.191. The molecule has 128 valence electrons. The zero-order valence-electron chi connectivity index (χ0n) is 14.6. The number of hydrogen-bond donors (Lipinski definition) is 2. The Bertz CT molecular complexity index is 970. The third-order valence-corrected chi connectivity index (χ3v) is 4.75. The molecule has 25 heavy (non-hydrogen) atoms. The van der Waals surface area contributed by atoms with Gasteiger partial charge >= 0.3 is 0 Å². The molecular weight excluding hydrogens is 315 g/mol. The molecule has 0 bridgehead atoms. The van der Waals surface area contributed by atoms with Gasteiger partial charge in [0.1, 0.15) is 11.9 Å². The molecule has 0 radical (unpaired) electrons. The number of nitrogens with one attached hydrogen (secondary N) is 1. The van der Waals surface area contributed by atoms with Gasteiger partial charge in [-0.1, -0.05) is 19.9 Å². The maximum Gasteiger partial charge on any atom is 0.121 e. The van der Waals surface area contributed by atoms with E-state index in [1.54, 1.807) is 19.1 Å². The molecule has 5 heteroatoms. The molecule has 1 heterocycles. The molecular formula is C20H21FN4. The second-order valence-electron chi connectivity index (χ2n) is 6.74. The fourth-order valence-corrected chi connectivity index (χ4v) is 3.58. The molecule has 3 N–H and O–H groups in total. The minimum Gasteiger partial charge on any atom is -0.398 e. The van der Waals surface area contributed by atoms with Gasteiger partial charge in [0.2, 0.25) is 0 Å². The summed E-state index contributed by atoms with van der Waals surface area (Å²) in [6.45, 7) is 5.84. The summed E-state index contributed by atoms with van der Waals surface area (Å²) in [6, 6.07) is 5.87. The fourth-order valence-electron chi connectivity index (χ4n) is 3.58. The SMILES string of the molecule is CC1=CC(n2c(C(C)C)c(C#N)c3cc(N)c(C=N)cc32)CC=C1F. The summed E-state index contributed by atoms with van der Waals surface area (Å²) in [5, 5.41) is 18.1. The molecule has 0 spiro atoms. The van der Waals surface area contributed by atoms with Crippen LogP contribution >= 0.6 is 0 Å². The van der Waals surface area contributed by atoms with Crippen LogP contribution in [0.2, 0.25) is 0 Å². The number of hydrogen-bond acceptors (Lipinski definition) is 3. The van der Waals surface area contributed by atoms with Crippen molar-refractivity contribution in [2.45, 2.75) is 39.2 Å². The molecule has 1 aromatic heterocycles. The summed E-state index contributed by atoms with van der Waals surface area (Å²) in [4.78, 5) is 0. The van der Waals surface area contributed by atoms with Crippen LogP contribution in [0, 0.1) is 16.7 Å². The number of halogens is 1. The van der Waals surface area contributed by atoms with E-state index in [9.17, 15) is 9.65 Å². The number of nitrogens with zero attached hydrogens (tertiary/aromatic N) is 2. The normalized spacial score (nSPS) is 17.4. The van der Waals surface area contributed by atoms with Crippen LogP contribution in [0.1, 0.15) is 56.0 Å². The van der Waals surface area contributed by atoms with Crippen molar-refractivity contribution in [3.8, 4) is 6.07 Å². The van der Waals surface area contributed by atoms with Crippen LogP contribution in [0.5, 0.6) is 0 Å². The predicted molar refractivity (Wildman–Crippen MR) is 99.6 cm³/mol. The van der Waals surface area contributed by atoms with Crippen molar-refractivity contribution in [3.05, 3.63) is 52.5 Å². The zero-order chi connectivity index (χ0) is 18.3. The Labute approximate surface area is 146 Å². The lowest BCUT2D eigenvalue weighted by Gasteiger charge is -2.24. The zero-order valence-corrected chi connectivity index (χ0v) is 14.6. The van der Waals surface area contributed by atoms with Crippen molar-refractivity contribution in [1.82, 2.24) is 4.57 Å². The molecule has 0 amide bonds. The molecule has 0 saturated heterocycles. The second kappa shape index (κ2) is 6.21. The first-order valence-corrected chi connectivity index (χ1v) is 8.31. The number of allylic oxidation sites excluding steroid dienone is 4. The van der Waals surface area contributed by atoms with Crippen LogP contribution in [0.3, 0.4) is 0 Å². The molecule has 0 aliphatic heterocycles. The fraction of sp³-hybridized carbons (Fsp3) is 0.300.